The predicted molar refractivity (Wildman–Crippen MR) is 59.5 cm³/mol. The van der Waals surface area contributed by atoms with Crippen molar-refractivity contribution in [1.29, 1.82) is 0 Å². The van der Waals surface area contributed by atoms with Gasteiger partial charge in [0, 0.05) is 11.0 Å². The normalized spacial score (nSPS) is 12.2. The fourth-order valence-corrected chi connectivity index (χ4v) is 1.53. The van der Waals surface area contributed by atoms with Crippen LogP contribution in [0, 0.1) is 0 Å². The molecule has 0 amide bonds. The Morgan fingerprint density at radius 2 is 2.46 bits per heavy atom. The summed E-state index contributed by atoms with van der Waals surface area (Å²) in [6.07, 6.45) is 7.60. The van der Waals surface area contributed by atoms with Crippen LogP contribution in [0.3, 0.4) is 0 Å². The first-order valence-corrected chi connectivity index (χ1v) is 4.82. The zero-order valence-electron chi connectivity index (χ0n) is 7.53. The van der Waals surface area contributed by atoms with Crippen molar-refractivity contribution in [1.82, 2.24) is 4.98 Å². The standard InChI is InChI=1S/C10H12N2S/c1-3-5-8(6-4-2)9-7-13-10(11)12-9/h3-7H,1H2,2H3,(H2,11,12)/b6-4-,8-5+. The van der Waals surface area contributed by atoms with Crippen LogP contribution in [0.1, 0.15) is 12.6 Å². The molecule has 0 aromatic carbocycles. The van der Waals surface area contributed by atoms with E-state index in [2.05, 4.69) is 11.6 Å². The van der Waals surface area contributed by atoms with E-state index in [1.165, 1.54) is 11.3 Å². The summed E-state index contributed by atoms with van der Waals surface area (Å²) in [6.45, 7) is 5.61. The van der Waals surface area contributed by atoms with E-state index < -0.39 is 0 Å². The van der Waals surface area contributed by atoms with Crippen molar-refractivity contribution in [2.75, 3.05) is 5.73 Å². The number of thiazole rings is 1. The van der Waals surface area contributed by atoms with E-state index in [1.54, 1.807) is 6.08 Å². The predicted octanol–water partition coefficient (Wildman–Crippen LogP) is 2.87. The number of anilines is 1. The smallest absolute Gasteiger partial charge is 0.180 e. The molecule has 2 nitrogen and oxygen atoms in total. The Morgan fingerprint density at radius 1 is 1.69 bits per heavy atom. The highest BCUT2D eigenvalue weighted by atomic mass is 32.1. The second-order valence-corrected chi connectivity index (χ2v) is 3.32. The molecular formula is C10H12N2S. The summed E-state index contributed by atoms with van der Waals surface area (Å²) in [6, 6.07) is 0. The maximum atomic E-state index is 5.54. The lowest BCUT2D eigenvalue weighted by Crippen LogP contribution is -1.84. The minimum Gasteiger partial charge on any atom is -0.375 e. The summed E-state index contributed by atoms with van der Waals surface area (Å²) in [4.78, 5) is 4.18. The monoisotopic (exact) mass is 192 g/mol. The number of hydrogen-bond acceptors (Lipinski definition) is 3. The molecule has 0 fully saturated rings. The van der Waals surface area contributed by atoms with Crippen molar-refractivity contribution in [2.45, 2.75) is 6.92 Å². The van der Waals surface area contributed by atoms with E-state index in [9.17, 15) is 0 Å². The maximum absolute atomic E-state index is 5.54. The average Bonchev–Trinajstić information content (AvgIpc) is 2.51. The Labute approximate surface area is 82.1 Å². The summed E-state index contributed by atoms with van der Waals surface area (Å²) in [5, 5.41) is 2.53. The van der Waals surface area contributed by atoms with E-state index in [-0.39, 0.29) is 0 Å². The van der Waals surface area contributed by atoms with Crippen LogP contribution >= 0.6 is 11.3 Å². The Bertz CT molecular complexity index is 348. The molecule has 0 aliphatic rings. The summed E-state index contributed by atoms with van der Waals surface area (Å²) < 4.78 is 0. The van der Waals surface area contributed by atoms with Crippen LogP contribution in [0.15, 0.2) is 36.3 Å². The molecule has 3 heteroatoms. The largest absolute Gasteiger partial charge is 0.375 e. The fourth-order valence-electron chi connectivity index (χ4n) is 0.953. The zero-order chi connectivity index (χ0) is 9.68. The molecule has 2 N–H and O–H groups in total. The topological polar surface area (TPSA) is 38.9 Å². The molecule has 0 bridgehead atoms. The lowest BCUT2D eigenvalue weighted by atomic mass is 10.2. The van der Waals surface area contributed by atoms with Crippen LogP contribution in [-0.2, 0) is 0 Å². The molecular weight excluding hydrogens is 180 g/mol. The summed E-state index contributed by atoms with van der Waals surface area (Å²) in [5.74, 6) is 0. The molecule has 0 aliphatic heterocycles. The number of nitrogens with two attached hydrogens (primary N) is 1. The molecule has 1 aromatic heterocycles. The van der Waals surface area contributed by atoms with Crippen molar-refractivity contribution >= 4 is 22.0 Å². The van der Waals surface area contributed by atoms with Gasteiger partial charge in [0.05, 0.1) is 5.69 Å². The number of rotatable bonds is 3. The molecule has 0 atom stereocenters. The van der Waals surface area contributed by atoms with E-state index >= 15 is 0 Å². The second kappa shape index (κ2) is 4.62. The van der Waals surface area contributed by atoms with Gasteiger partial charge in [-0.3, -0.25) is 0 Å². The van der Waals surface area contributed by atoms with Gasteiger partial charge in [0.1, 0.15) is 0 Å². The Hall–Kier alpha value is -1.35. The van der Waals surface area contributed by atoms with Gasteiger partial charge in [-0.2, -0.15) is 0 Å². The number of nitrogen functional groups attached to an aromatic ring is 1. The number of aromatic nitrogens is 1. The van der Waals surface area contributed by atoms with Crippen LogP contribution in [-0.4, -0.2) is 4.98 Å². The lowest BCUT2D eigenvalue weighted by molar-refractivity contribution is 1.37. The molecule has 0 saturated carbocycles. The minimum absolute atomic E-state index is 0.592. The molecule has 0 saturated heterocycles. The van der Waals surface area contributed by atoms with Gasteiger partial charge < -0.3 is 5.73 Å². The van der Waals surface area contributed by atoms with Crippen LogP contribution in [0.25, 0.3) is 5.57 Å². The van der Waals surface area contributed by atoms with Gasteiger partial charge in [0.2, 0.25) is 0 Å². The van der Waals surface area contributed by atoms with E-state index in [1.807, 2.05) is 30.5 Å². The number of nitrogens with zero attached hydrogens (tertiary/aromatic N) is 1. The fraction of sp³-hybridized carbons (Fsp3) is 0.100. The molecule has 0 unspecified atom stereocenters. The zero-order valence-corrected chi connectivity index (χ0v) is 8.34. The van der Waals surface area contributed by atoms with Crippen LogP contribution < -0.4 is 5.73 Å². The van der Waals surface area contributed by atoms with Crippen LogP contribution in [0.5, 0.6) is 0 Å². The molecule has 1 heterocycles. The first-order valence-electron chi connectivity index (χ1n) is 3.94. The minimum atomic E-state index is 0.592. The van der Waals surface area contributed by atoms with Gasteiger partial charge in [-0.25, -0.2) is 4.98 Å². The Morgan fingerprint density at radius 3 is 2.92 bits per heavy atom. The van der Waals surface area contributed by atoms with E-state index in [0.29, 0.717) is 5.13 Å². The van der Waals surface area contributed by atoms with Gasteiger partial charge in [-0.15, -0.1) is 11.3 Å². The van der Waals surface area contributed by atoms with Gasteiger partial charge in [-0.1, -0.05) is 30.9 Å². The third kappa shape index (κ3) is 2.56. The number of allylic oxidation sites excluding steroid dienone is 5. The van der Waals surface area contributed by atoms with E-state index in [0.717, 1.165) is 11.3 Å². The third-order valence-corrected chi connectivity index (χ3v) is 2.14. The van der Waals surface area contributed by atoms with Crippen molar-refractivity contribution < 1.29 is 0 Å². The van der Waals surface area contributed by atoms with E-state index in [4.69, 9.17) is 5.73 Å². The lowest BCUT2D eigenvalue weighted by Gasteiger charge is -1.93. The summed E-state index contributed by atoms with van der Waals surface area (Å²) in [5.41, 5.74) is 7.48. The Kier molecular flexibility index (Phi) is 3.46. The van der Waals surface area contributed by atoms with Gasteiger partial charge in [-0.05, 0) is 6.92 Å². The van der Waals surface area contributed by atoms with Crippen molar-refractivity contribution in [3.8, 4) is 0 Å². The molecule has 0 aliphatic carbocycles. The maximum Gasteiger partial charge on any atom is 0.180 e. The molecule has 1 rings (SSSR count). The molecule has 1 aromatic rings. The quantitative estimate of drug-likeness (QED) is 0.748. The average molecular weight is 192 g/mol. The van der Waals surface area contributed by atoms with Crippen molar-refractivity contribution in [2.24, 2.45) is 0 Å². The highest BCUT2D eigenvalue weighted by molar-refractivity contribution is 7.13. The van der Waals surface area contributed by atoms with Gasteiger partial charge >= 0.3 is 0 Å². The second-order valence-electron chi connectivity index (χ2n) is 2.43. The van der Waals surface area contributed by atoms with Crippen LogP contribution in [0.2, 0.25) is 0 Å². The summed E-state index contributed by atoms with van der Waals surface area (Å²) in [7, 11) is 0. The first kappa shape index (κ1) is 9.74. The third-order valence-electron chi connectivity index (χ3n) is 1.46. The molecule has 68 valence electrons. The van der Waals surface area contributed by atoms with Crippen molar-refractivity contribution in [3.63, 3.8) is 0 Å². The van der Waals surface area contributed by atoms with Crippen molar-refractivity contribution in [3.05, 3.63) is 42.0 Å². The number of hydrogen-bond donors (Lipinski definition) is 1. The van der Waals surface area contributed by atoms with Crippen LogP contribution in [0.4, 0.5) is 5.13 Å². The first-order chi connectivity index (χ1) is 6.27. The highest BCUT2D eigenvalue weighted by Gasteiger charge is 2.00. The summed E-state index contributed by atoms with van der Waals surface area (Å²) >= 11 is 1.44. The molecule has 0 radical (unpaired) electrons. The SMILES string of the molecule is C=C/C=C(\C=C/C)c1csc(N)n1. The highest BCUT2D eigenvalue weighted by Crippen LogP contribution is 2.20. The van der Waals surface area contributed by atoms with Gasteiger partial charge in [0.25, 0.3) is 0 Å². The molecule has 0 spiro atoms. The van der Waals surface area contributed by atoms with Gasteiger partial charge in [0.15, 0.2) is 5.13 Å². The molecule has 13 heavy (non-hydrogen) atoms. The Balaban J connectivity index is 3.01.